The molecule has 0 spiro atoms. The Kier molecular flexibility index (Phi) is 6.26. The molecule has 2 rings (SSSR count). The number of nitrogens with one attached hydrogen (secondary N) is 2. The van der Waals surface area contributed by atoms with Gasteiger partial charge in [0, 0.05) is 12.6 Å². The van der Waals surface area contributed by atoms with Crippen molar-refractivity contribution in [3.8, 4) is 5.75 Å². The van der Waals surface area contributed by atoms with E-state index in [2.05, 4.69) is 10.6 Å². The van der Waals surface area contributed by atoms with Gasteiger partial charge in [-0.15, -0.1) is 0 Å². The van der Waals surface area contributed by atoms with Gasteiger partial charge in [-0.3, -0.25) is 0 Å². The molecule has 0 bridgehead atoms. The largest absolute Gasteiger partial charge is 0.497 e. The zero-order chi connectivity index (χ0) is 16.7. The van der Waals surface area contributed by atoms with Gasteiger partial charge in [-0.05, 0) is 56.9 Å². The normalized spacial score (nSPS) is 20.4. The number of urea groups is 1. The van der Waals surface area contributed by atoms with E-state index >= 15 is 0 Å². The summed E-state index contributed by atoms with van der Waals surface area (Å²) in [5.74, 6) is 0.395. The Morgan fingerprint density at radius 1 is 1.13 bits per heavy atom. The molecule has 1 saturated carbocycles. The summed E-state index contributed by atoms with van der Waals surface area (Å²) in [6, 6.07) is 6.89. The van der Waals surface area contributed by atoms with Crippen LogP contribution in [0.25, 0.3) is 0 Å². The number of carbonyl (C=O) groups excluding carboxylic acids is 2. The second-order valence-corrected chi connectivity index (χ2v) is 5.61. The van der Waals surface area contributed by atoms with Gasteiger partial charge in [0.15, 0.2) is 0 Å². The molecule has 0 atom stereocenters. The maximum Gasteiger partial charge on any atom is 0.338 e. The van der Waals surface area contributed by atoms with Crippen molar-refractivity contribution in [3.05, 3.63) is 29.8 Å². The molecule has 1 aliphatic rings. The first-order valence-corrected chi connectivity index (χ1v) is 8.01. The van der Waals surface area contributed by atoms with E-state index in [0.717, 1.165) is 25.7 Å². The first-order valence-electron chi connectivity index (χ1n) is 8.01. The number of rotatable bonds is 5. The Labute approximate surface area is 136 Å². The minimum absolute atomic E-state index is 0.0862. The molecule has 0 saturated heterocycles. The van der Waals surface area contributed by atoms with Crippen LogP contribution in [0.2, 0.25) is 0 Å². The topological polar surface area (TPSA) is 76.7 Å². The highest BCUT2D eigenvalue weighted by Crippen LogP contribution is 2.22. The monoisotopic (exact) mass is 320 g/mol. The summed E-state index contributed by atoms with van der Waals surface area (Å²) in [5.41, 5.74) is 0.522. The third-order valence-electron chi connectivity index (χ3n) is 3.95. The predicted molar refractivity (Wildman–Crippen MR) is 86.7 cm³/mol. The number of esters is 1. The first-order chi connectivity index (χ1) is 11.1. The average Bonchev–Trinajstić information content (AvgIpc) is 2.57. The van der Waals surface area contributed by atoms with Crippen LogP contribution < -0.4 is 15.4 Å². The first kappa shape index (κ1) is 17.1. The molecule has 0 aliphatic heterocycles. The fraction of sp³-hybridized carbons (Fsp3) is 0.529. The fourth-order valence-corrected chi connectivity index (χ4v) is 2.67. The van der Waals surface area contributed by atoms with Gasteiger partial charge in [-0.2, -0.15) is 0 Å². The standard InChI is InChI=1S/C17H24N2O4/c1-3-18-17(21)19-13-6-10-15(11-7-13)23-16(20)12-4-8-14(22-2)9-5-12/h4-5,8-9,13,15H,3,6-7,10-11H2,1-2H3,(H2,18,19,21). The lowest BCUT2D eigenvalue weighted by atomic mass is 9.93. The molecule has 0 heterocycles. The SMILES string of the molecule is CCNC(=O)NC1CCC(OC(=O)c2ccc(OC)cc2)CC1. The average molecular weight is 320 g/mol. The molecule has 126 valence electrons. The highest BCUT2D eigenvalue weighted by atomic mass is 16.5. The zero-order valence-corrected chi connectivity index (χ0v) is 13.6. The third-order valence-corrected chi connectivity index (χ3v) is 3.95. The lowest BCUT2D eigenvalue weighted by Crippen LogP contribution is -2.44. The van der Waals surface area contributed by atoms with Crippen molar-refractivity contribution in [2.24, 2.45) is 0 Å². The summed E-state index contributed by atoms with van der Waals surface area (Å²) >= 11 is 0. The van der Waals surface area contributed by atoms with Gasteiger partial charge in [-0.1, -0.05) is 0 Å². The summed E-state index contributed by atoms with van der Waals surface area (Å²) in [6.45, 7) is 2.50. The second kappa shape index (κ2) is 8.41. The van der Waals surface area contributed by atoms with Crippen LogP contribution in [0.15, 0.2) is 24.3 Å². The summed E-state index contributed by atoms with van der Waals surface area (Å²) in [4.78, 5) is 23.6. The molecule has 1 aliphatic carbocycles. The number of hydrogen-bond donors (Lipinski definition) is 2. The van der Waals surface area contributed by atoms with Crippen LogP contribution in [0.4, 0.5) is 4.79 Å². The quantitative estimate of drug-likeness (QED) is 0.817. The third kappa shape index (κ3) is 5.16. The molecule has 23 heavy (non-hydrogen) atoms. The summed E-state index contributed by atoms with van der Waals surface area (Å²) in [6.07, 6.45) is 3.07. The summed E-state index contributed by atoms with van der Waals surface area (Å²) in [7, 11) is 1.58. The molecule has 6 nitrogen and oxygen atoms in total. The molecule has 2 amide bonds. The van der Waals surface area contributed by atoms with Crippen LogP contribution in [0, 0.1) is 0 Å². The van der Waals surface area contributed by atoms with E-state index in [-0.39, 0.29) is 24.1 Å². The summed E-state index contributed by atoms with van der Waals surface area (Å²) in [5, 5.41) is 5.66. The van der Waals surface area contributed by atoms with E-state index in [1.54, 1.807) is 31.4 Å². The van der Waals surface area contributed by atoms with Crippen molar-refractivity contribution >= 4 is 12.0 Å². The lowest BCUT2D eigenvalue weighted by Gasteiger charge is -2.28. The van der Waals surface area contributed by atoms with Gasteiger partial charge in [0.1, 0.15) is 11.9 Å². The number of methoxy groups -OCH3 is 1. The van der Waals surface area contributed by atoms with Crippen molar-refractivity contribution < 1.29 is 19.1 Å². The van der Waals surface area contributed by atoms with Crippen LogP contribution >= 0.6 is 0 Å². The Morgan fingerprint density at radius 2 is 1.78 bits per heavy atom. The van der Waals surface area contributed by atoms with E-state index in [4.69, 9.17) is 9.47 Å². The van der Waals surface area contributed by atoms with Gasteiger partial charge >= 0.3 is 12.0 Å². The van der Waals surface area contributed by atoms with E-state index < -0.39 is 0 Å². The van der Waals surface area contributed by atoms with E-state index in [1.807, 2.05) is 6.92 Å². The van der Waals surface area contributed by atoms with E-state index in [1.165, 1.54) is 0 Å². The van der Waals surface area contributed by atoms with Crippen molar-refractivity contribution in [3.63, 3.8) is 0 Å². The number of carbonyl (C=O) groups is 2. The van der Waals surface area contributed by atoms with Crippen molar-refractivity contribution in [2.75, 3.05) is 13.7 Å². The number of hydrogen-bond acceptors (Lipinski definition) is 4. The van der Waals surface area contributed by atoms with Crippen molar-refractivity contribution in [2.45, 2.75) is 44.8 Å². The molecule has 6 heteroatoms. The van der Waals surface area contributed by atoms with Gasteiger partial charge in [0.05, 0.1) is 12.7 Å². The molecule has 1 aromatic carbocycles. The minimum atomic E-state index is -0.312. The smallest absolute Gasteiger partial charge is 0.338 e. The Balaban J connectivity index is 1.77. The number of ether oxygens (including phenoxy) is 2. The Morgan fingerprint density at radius 3 is 2.35 bits per heavy atom. The number of benzene rings is 1. The van der Waals surface area contributed by atoms with Gasteiger partial charge in [-0.25, -0.2) is 9.59 Å². The van der Waals surface area contributed by atoms with Crippen LogP contribution in [0.5, 0.6) is 5.75 Å². The van der Waals surface area contributed by atoms with Crippen LogP contribution in [0.1, 0.15) is 43.0 Å². The van der Waals surface area contributed by atoms with Gasteiger partial charge in [0.25, 0.3) is 0 Å². The number of amides is 2. The highest BCUT2D eigenvalue weighted by Gasteiger charge is 2.25. The maximum absolute atomic E-state index is 12.1. The lowest BCUT2D eigenvalue weighted by molar-refractivity contribution is 0.0188. The molecule has 1 fully saturated rings. The molecular formula is C17H24N2O4. The van der Waals surface area contributed by atoms with Crippen LogP contribution in [-0.4, -0.2) is 37.8 Å². The zero-order valence-electron chi connectivity index (χ0n) is 13.6. The van der Waals surface area contributed by atoms with Gasteiger partial charge < -0.3 is 20.1 Å². The Hall–Kier alpha value is -2.24. The van der Waals surface area contributed by atoms with E-state index in [9.17, 15) is 9.59 Å². The Bertz CT molecular complexity index is 522. The van der Waals surface area contributed by atoms with Crippen LogP contribution in [-0.2, 0) is 4.74 Å². The molecule has 2 N–H and O–H groups in total. The maximum atomic E-state index is 12.1. The molecule has 1 aromatic rings. The predicted octanol–water partition coefficient (Wildman–Crippen LogP) is 2.48. The van der Waals surface area contributed by atoms with Crippen molar-refractivity contribution in [1.29, 1.82) is 0 Å². The second-order valence-electron chi connectivity index (χ2n) is 5.61. The van der Waals surface area contributed by atoms with E-state index in [0.29, 0.717) is 17.9 Å². The fourth-order valence-electron chi connectivity index (χ4n) is 2.67. The van der Waals surface area contributed by atoms with Crippen LogP contribution in [0.3, 0.4) is 0 Å². The molecule has 0 aromatic heterocycles. The summed E-state index contributed by atoms with van der Waals surface area (Å²) < 4.78 is 10.6. The molecule has 0 radical (unpaired) electrons. The van der Waals surface area contributed by atoms with Crippen molar-refractivity contribution in [1.82, 2.24) is 10.6 Å². The highest BCUT2D eigenvalue weighted by molar-refractivity contribution is 5.89. The molecular weight excluding hydrogens is 296 g/mol. The minimum Gasteiger partial charge on any atom is -0.497 e. The molecule has 0 unspecified atom stereocenters. The van der Waals surface area contributed by atoms with Gasteiger partial charge in [0.2, 0.25) is 0 Å².